The van der Waals surface area contributed by atoms with E-state index >= 15 is 0 Å². The van der Waals surface area contributed by atoms with Crippen molar-refractivity contribution in [3.63, 3.8) is 0 Å². The molecule has 3 heteroatoms. The summed E-state index contributed by atoms with van der Waals surface area (Å²) < 4.78 is 11.3. The fraction of sp³-hybridized carbons (Fsp3) is 0.242. The van der Waals surface area contributed by atoms with Crippen LogP contribution in [0.2, 0.25) is 0 Å². The molecular weight excluding hydrogens is 440 g/mol. The van der Waals surface area contributed by atoms with Crippen LogP contribution < -0.4 is 4.57 Å². The van der Waals surface area contributed by atoms with Crippen molar-refractivity contribution in [1.29, 1.82) is 0 Å². The zero-order valence-electron chi connectivity index (χ0n) is 21.4. The number of furan rings is 1. The summed E-state index contributed by atoms with van der Waals surface area (Å²) in [6, 6.07) is 32.9. The third kappa shape index (κ3) is 2.50. The van der Waals surface area contributed by atoms with Crippen LogP contribution in [0.15, 0.2) is 95.4 Å². The molecule has 1 aliphatic rings. The molecule has 0 aliphatic carbocycles. The van der Waals surface area contributed by atoms with Crippen LogP contribution in [0, 0.1) is 0 Å². The summed E-state index contributed by atoms with van der Waals surface area (Å²) >= 11 is 0. The predicted molar refractivity (Wildman–Crippen MR) is 148 cm³/mol. The molecule has 6 aromatic rings. The predicted octanol–water partition coefficient (Wildman–Crippen LogP) is 8.29. The van der Waals surface area contributed by atoms with Crippen molar-refractivity contribution >= 4 is 33.0 Å². The van der Waals surface area contributed by atoms with Crippen LogP contribution in [0.5, 0.6) is 0 Å². The Hall–Kier alpha value is -3.85. The molecule has 7 rings (SSSR count). The molecule has 0 spiro atoms. The number of fused-ring (bicyclic) bond motifs is 8. The number of rotatable bonds is 3. The van der Waals surface area contributed by atoms with Gasteiger partial charge in [0.05, 0.1) is 5.56 Å². The molecule has 0 N–H and O–H groups in total. The topological polar surface area (TPSA) is 21.9 Å². The van der Waals surface area contributed by atoms with Crippen molar-refractivity contribution < 1.29 is 8.98 Å². The zero-order valence-corrected chi connectivity index (χ0v) is 21.4. The molecule has 3 nitrogen and oxygen atoms in total. The molecule has 2 aromatic heterocycles. The van der Waals surface area contributed by atoms with E-state index in [0.29, 0.717) is 0 Å². The van der Waals surface area contributed by atoms with Crippen LogP contribution in [0.1, 0.15) is 46.1 Å². The van der Waals surface area contributed by atoms with Crippen molar-refractivity contribution in [2.45, 2.75) is 51.5 Å². The van der Waals surface area contributed by atoms with Crippen LogP contribution in [0.25, 0.3) is 50.0 Å². The van der Waals surface area contributed by atoms with Crippen LogP contribution in [0.4, 0.5) is 0 Å². The van der Waals surface area contributed by atoms with Gasteiger partial charge in [-0.25, -0.2) is 4.57 Å². The first-order chi connectivity index (χ1) is 17.5. The summed E-state index contributed by atoms with van der Waals surface area (Å²) in [5, 5.41) is 2.31. The third-order valence-corrected chi connectivity index (χ3v) is 9.25. The summed E-state index contributed by atoms with van der Waals surface area (Å²) in [5.74, 6) is 1.26. The van der Waals surface area contributed by atoms with E-state index in [9.17, 15) is 0 Å². The highest BCUT2D eigenvalue weighted by Gasteiger charge is 2.56. The molecule has 36 heavy (non-hydrogen) atoms. The van der Waals surface area contributed by atoms with Gasteiger partial charge in [-0.1, -0.05) is 69.3 Å². The van der Waals surface area contributed by atoms with E-state index in [1.165, 1.54) is 28.0 Å². The number of nitrogens with zero attached hydrogens (tertiary/aromatic N) is 2. The number of hydrogen-bond donors (Lipinski definition) is 0. The standard InChI is InChI=1S/C33H31N2O/c1-5-32(3)26-15-9-7-14-24(26)31-34(27-16-10-11-17-28(27)35(31)33(32,4)6-2)22-19-20-30-25(21-22)23-13-8-12-18-29(23)36-30/h7-21H,5-6H2,1-4H3/q+1. The average molecular weight is 472 g/mol. The van der Waals surface area contributed by atoms with Crippen LogP contribution in [-0.4, -0.2) is 4.57 Å². The van der Waals surface area contributed by atoms with E-state index in [4.69, 9.17) is 4.42 Å². The molecule has 4 aromatic carbocycles. The zero-order chi connectivity index (χ0) is 24.7. The summed E-state index contributed by atoms with van der Waals surface area (Å²) in [6.07, 6.45) is 2.12. The Balaban J connectivity index is 1.65. The molecule has 2 atom stereocenters. The number of hydrogen-bond acceptors (Lipinski definition) is 1. The second-order valence-corrected chi connectivity index (χ2v) is 10.6. The maximum atomic E-state index is 6.16. The van der Waals surface area contributed by atoms with Gasteiger partial charge in [0, 0.05) is 16.2 Å². The largest absolute Gasteiger partial charge is 0.456 e. The van der Waals surface area contributed by atoms with E-state index < -0.39 is 0 Å². The highest BCUT2D eigenvalue weighted by Crippen LogP contribution is 2.51. The molecule has 0 fully saturated rings. The quantitative estimate of drug-likeness (QED) is 0.238. The highest BCUT2D eigenvalue weighted by atomic mass is 16.3. The summed E-state index contributed by atoms with van der Waals surface area (Å²) in [5.41, 5.74) is 8.22. The molecular formula is C33H31N2O+. The molecule has 0 saturated heterocycles. The second kappa shape index (κ2) is 7.33. The lowest BCUT2D eigenvalue weighted by Gasteiger charge is -2.47. The van der Waals surface area contributed by atoms with Gasteiger partial charge in [0.25, 0.3) is 5.82 Å². The minimum Gasteiger partial charge on any atom is -0.456 e. The number of aromatic nitrogens is 2. The van der Waals surface area contributed by atoms with Crippen molar-refractivity contribution in [2.75, 3.05) is 0 Å². The molecule has 0 radical (unpaired) electrons. The molecule has 178 valence electrons. The SMILES string of the molecule is CCC1(C)c2ccccc2-c2n(-c3ccc4oc5ccccc5c4c3)c3ccccc3[n+]2C1(C)CC. The Morgan fingerprint density at radius 3 is 2.31 bits per heavy atom. The van der Waals surface area contributed by atoms with E-state index in [-0.39, 0.29) is 11.0 Å². The van der Waals surface area contributed by atoms with Gasteiger partial charge < -0.3 is 4.42 Å². The molecule has 0 bridgehead atoms. The first kappa shape index (κ1) is 21.4. The molecule has 0 saturated carbocycles. The van der Waals surface area contributed by atoms with E-state index in [2.05, 4.69) is 116 Å². The van der Waals surface area contributed by atoms with Crippen molar-refractivity contribution in [1.82, 2.24) is 4.57 Å². The molecule has 1 aliphatic heterocycles. The van der Waals surface area contributed by atoms with Gasteiger partial charge in [0.1, 0.15) is 22.4 Å². The summed E-state index contributed by atoms with van der Waals surface area (Å²) in [6.45, 7) is 9.60. The molecule has 2 unspecified atom stereocenters. The lowest BCUT2D eigenvalue weighted by atomic mass is 9.61. The van der Waals surface area contributed by atoms with Crippen molar-refractivity contribution in [3.05, 3.63) is 96.6 Å². The average Bonchev–Trinajstić information content (AvgIpc) is 3.47. The van der Waals surface area contributed by atoms with Gasteiger partial charge in [-0.05, 0) is 67.8 Å². The van der Waals surface area contributed by atoms with E-state index in [1.807, 2.05) is 12.1 Å². The monoisotopic (exact) mass is 471 g/mol. The van der Waals surface area contributed by atoms with Crippen molar-refractivity contribution in [2.24, 2.45) is 0 Å². The molecule has 3 heterocycles. The Morgan fingerprint density at radius 2 is 1.47 bits per heavy atom. The Kier molecular flexibility index (Phi) is 4.36. The maximum absolute atomic E-state index is 6.16. The lowest BCUT2D eigenvalue weighted by Crippen LogP contribution is -2.67. The fourth-order valence-electron chi connectivity index (χ4n) is 6.84. The first-order valence-electron chi connectivity index (χ1n) is 13.1. The van der Waals surface area contributed by atoms with Crippen LogP contribution in [-0.2, 0) is 11.0 Å². The second-order valence-electron chi connectivity index (χ2n) is 10.6. The van der Waals surface area contributed by atoms with Gasteiger partial charge in [0.15, 0.2) is 11.0 Å². The smallest absolute Gasteiger partial charge is 0.295 e. The number of para-hydroxylation sites is 3. The fourth-order valence-corrected chi connectivity index (χ4v) is 6.84. The van der Waals surface area contributed by atoms with E-state index in [0.717, 1.165) is 40.5 Å². The maximum Gasteiger partial charge on any atom is 0.295 e. The summed E-state index contributed by atoms with van der Waals surface area (Å²) in [4.78, 5) is 0. The minimum atomic E-state index is -0.0806. The lowest BCUT2D eigenvalue weighted by molar-refractivity contribution is -0.743. The minimum absolute atomic E-state index is 0.00960. The Labute approximate surface area is 211 Å². The van der Waals surface area contributed by atoms with Gasteiger partial charge in [0.2, 0.25) is 0 Å². The number of imidazole rings is 1. The molecule has 0 amide bonds. The van der Waals surface area contributed by atoms with Gasteiger partial charge in [-0.2, -0.15) is 4.57 Å². The van der Waals surface area contributed by atoms with Crippen molar-refractivity contribution in [3.8, 4) is 17.1 Å². The number of benzene rings is 4. The first-order valence-corrected chi connectivity index (χ1v) is 13.1. The normalized spacial score (nSPS) is 21.2. The van der Waals surface area contributed by atoms with E-state index in [1.54, 1.807) is 0 Å². The summed E-state index contributed by atoms with van der Waals surface area (Å²) in [7, 11) is 0. The Bertz CT molecular complexity index is 1810. The highest BCUT2D eigenvalue weighted by molar-refractivity contribution is 6.05. The Morgan fingerprint density at radius 1 is 0.750 bits per heavy atom. The third-order valence-electron chi connectivity index (χ3n) is 9.25. The van der Waals surface area contributed by atoms with Gasteiger partial charge >= 0.3 is 0 Å². The van der Waals surface area contributed by atoms with Gasteiger partial charge in [-0.3, -0.25) is 0 Å². The van der Waals surface area contributed by atoms with Gasteiger partial charge in [-0.15, -0.1) is 0 Å². The van der Waals surface area contributed by atoms with Crippen LogP contribution in [0.3, 0.4) is 0 Å². The van der Waals surface area contributed by atoms with Crippen LogP contribution >= 0.6 is 0 Å².